The number of nitrogens with one attached hydrogen (secondary N) is 1. The van der Waals surface area contributed by atoms with Crippen LogP contribution in [0.1, 0.15) is 43.0 Å². The van der Waals surface area contributed by atoms with E-state index < -0.39 is 10.0 Å². The van der Waals surface area contributed by atoms with E-state index in [9.17, 15) is 8.42 Å². The van der Waals surface area contributed by atoms with Crippen LogP contribution in [0.4, 0.5) is 0 Å². The topological polar surface area (TPSA) is 58.5 Å². The molecule has 0 amide bonds. The predicted molar refractivity (Wildman–Crippen MR) is 99.0 cm³/mol. The van der Waals surface area contributed by atoms with Crippen LogP contribution in [0.15, 0.2) is 52.5 Å². The second kappa shape index (κ2) is 6.77. The van der Waals surface area contributed by atoms with Gasteiger partial charge < -0.3 is 0 Å². The Morgan fingerprint density at radius 2 is 1.58 bits per heavy atom. The normalized spacial score (nSPS) is 12.5. The van der Waals surface area contributed by atoms with Crippen LogP contribution < -0.4 is 4.83 Å². The van der Waals surface area contributed by atoms with Crippen LogP contribution >= 0.6 is 0 Å². The van der Waals surface area contributed by atoms with Gasteiger partial charge in [0.25, 0.3) is 10.0 Å². The first kappa shape index (κ1) is 18.2. The van der Waals surface area contributed by atoms with Gasteiger partial charge in [0, 0.05) is 0 Å². The van der Waals surface area contributed by atoms with E-state index in [4.69, 9.17) is 0 Å². The Bertz CT molecular complexity index is 846. The molecule has 0 aliphatic rings. The molecule has 1 N–H and O–H groups in total. The van der Waals surface area contributed by atoms with Crippen LogP contribution in [0.2, 0.25) is 0 Å². The molecule has 0 heterocycles. The average molecular weight is 344 g/mol. The molecular formula is C19H24N2O2S. The smallest absolute Gasteiger partial charge is 0.200 e. The highest BCUT2D eigenvalue weighted by molar-refractivity contribution is 7.89. The van der Waals surface area contributed by atoms with Crippen LogP contribution in [0.25, 0.3) is 0 Å². The van der Waals surface area contributed by atoms with E-state index in [0.717, 1.165) is 16.7 Å². The zero-order valence-electron chi connectivity index (χ0n) is 14.8. The average Bonchev–Trinajstić information content (AvgIpc) is 2.49. The van der Waals surface area contributed by atoms with Crippen molar-refractivity contribution in [1.82, 2.24) is 4.83 Å². The summed E-state index contributed by atoms with van der Waals surface area (Å²) in [6.45, 7) is 10.3. The minimum absolute atomic E-state index is 0.0839. The summed E-state index contributed by atoms with van der Waals surface area (Å²) in [5.41, 5.74) is 4.12. The van der Waals surface area contributed by atoms with E-state index in [1.54, 1.807) is 18.2 Å². The maximum atomic E-state index is 12.2. The number of aryl methyl sites for hydroxylation is 2. The lowest BCUT2D eigenvalue weighted by molar-refractivity contribution is 0.584. The van der Waals surface area contributed by atoms with Crippen molar-refractivity contribution in [2.24, 2.45) is 5.10 Å². The van der Waals surface area contributed by atoms with Crippen LogP contribution in [0, 0.1) is 13.8 Å². The minimum atomic E-state index is -3.65. The molecule has 5 heteroatoms. The fraction of sp³-hybridized carbons (Fsp3) is 0.316. The van der Waals surface area contributed by atoms with Crippen molar-refractivity contribution in [2.75, 3.05) is 0 Å². The van der Waals surface area contributed by atoms with Gasteiger partial charge in [-0.3, -0.25) is 0 Å². The van der Waals surface area contributed by atoms with E-state index >= 15 is 0 Å². The summed E-state index contributed by atoms with van der Waals surface area (Å²) in [7, 11) is -3.65. The Kier molecular flexibility index (Phi) is 5.13. The lowest BCUT2D eigenvalue weighted by Crippen LogP contribution is -2.18. The van der Waals surface area contributed by atoms with Gasteiger partial charge in [0.05, 0.1) is 11.1 Å². The summed E-state index contributed by atoms with van der Waals surface area (Å²) >= 11 is 0. The Balaban J connectivity index is 2.11. The van der Waals surface area contributed by atoms with Crippen molar-refractivity contribution >= 4 is 16.2 Å². The van der Waals surface area contributed by atoms with E-state index in [1.165, 1.54) is 11.8 Å². The van der Waals surface area contributed by atoms with Gasteiger partial charge in [-0.25, -0.2) is 4.83 Å². The highest BCUT2D eigenvalue weighted by Crippen LogP contribution is 2.21. The maximum Gasteiger partial charge on any atom is 0.276 e. The molecule has 0 unspecified atom stereocenters. The summed E-state index contributed by atoms with van der Waals surface area (Å²) in [4.78, 5) is 2.47. The number of hydrazone groups is 1. The van der Waals surface area contributed by atoms with Crippen LogP contribution in [0.5, 0.6) is 0 Å². The first-order valence-electron chi connectivity index (χ1n) is 7.82. The van der Waals surface area contributed by atoms with Crippen LogP contribution in [0.3, 0.4) is 0 Å². The molecule has 4 nitrogen and oxygen atoms in total. The Morgan fingerprint density at radius 3 is 2.12 bits per heavy atom. The lowest BCUT2D eigenvalue weighted by atomic mass is 9.87. The van der Waals surface area contributed by atoms with Gasteiger partial charge >= 0.3 is 0 Å². The van der Waals surface area contributed by atoms with Crippen molar-refractivity contribution < 1.29 is 8.42 Å². The molecule has 0 spiro atoms. The SMILES string of the molecule is Cc1ccc(S(=O)(=O)N/N=C/c2ccc(C(C)(C)C)cc2)cc1C. The fourth-order valence-electron chi connectivity index (χ4n) is 2.17. The standard InChI is InChI=1S/C19H24N2O2S/c1-14-6-11-18(12-15(14)2)24(22,23)21-20-13-16-7-9-17(10-8-16)19(3,4)5/h6-13,21H,1-5H3/b20-13+. The first-order chi connectivity index (χ1) is 11.1. The van der Waals surface area contributed by atoms with Crippen molar-refractivity contribution in [2.45, 2.75) is 44.9 Å². The number of hydrogen-bond donors (Lipinski definition) is 1. The number of sulfonamides is 1. The van der Waals surface area contributed by atoms with Crippen LogP contribution in [-0.2, 0) is 15.4 Å². The first-order valence-corrected chi connectivity index (χ1v) is 9.30. The van der Waals surface area contributed by atoms with Crippen molar-refractivity contribution in [3.63, 3.8) is 0 Å². The summed E-state index contributed by atoms with van der Waals surface area (Å²) in [5, 5.41) is 3.87. The van der Waals surface area contributed by atoms with Gasteiger partial charge in [0.2, 0.25) is 0 Å². The van der Waals surface area contributed by atoms with Gasteiger partial charge in [-0.1, -0.05) is 51.1 Å². The van der Waals surface area contributed by atoms with Crippen molar-refractivity contribution in [3.05, 3.63) is 64.7 Å². The number of benzene rings is 2. The Labute approximate surface area is 144 Å². The number of nitrogens with zero attached hydrogens (tertiary/aromatic N) is 1. The molecule has 128 valence electrons. The van der Waals surface area contributed by atoms with Gasteiger partial charge in [-0.2, -0.15) is 13.5 Å². The lowest BCUT2D eigenvalue weighted by Gasteiger charge is -2.18. The molecule has 0 saturated carbocycles. The van der Waals surface area contributed by atoms with Gasteiger partial charge in [0.15, 0.2) is 0 Å². The Hall–Kier alpha value is -2.14. The summed E-state index contributed by atoms with van der Waals surface area (Å²) in [5.74, 6) is 0. The third kappa shape index (κ3) is 4.45. The van der Waals surface area contributed by atoms with Gasteiger partial charge in [-0.15, -0.1) is 0 Å². The highest BCUT2D eigenvalue weighted by atomic mass is 32.2. The molecule has 0 aliphatic carbocycles. The molecule has 2 aromatic rings. The third-order valence-corrected chi connectivity index (χ3v) is 5.17. The zero-order valence-corrected chi connectivity index (χ0v) is 15.6. The van der Waals surface area contributed by atoms with E-state index in [2.05, 4.69) is 30.7 Å². The Morgan fingerprint density at radius 1 is 0.958 bits per heavy atom. The van der Waals surface area contributed by atoms with Gasteiger partial charge in [-0.05, 0) is 53.6 Å². The zero-order chi connectivity index (χ0) is 18.0. The molecule has 24 heavy (non-hydrogen) atoms. The van der Waals surface area contributed by atoms with E-state index in [0.29, 0.717) is 0 Å². The monoisotopic (exact) mass is 344 g/mol. The van der Waals surface area contributed by atoms with E-state index in [1.807, 2.05) is 38.1 Å². The second-order valence-corrected chi connectivity index (χ2v) is 8.63. The fourth-order valence-corrected chi connectivity index (χ4v) is 3.05. The quantitative estimate of drug-likeness (QED) is 0.675. The van der Waals surface area contributed by atoms with Crippen LogP contribution in [-0.4, -0.2) is 14.6 Å². The summed E-state index contributed by atoms with van der Waals surface area (Å²) in [6, 6.07) is 12.9. The molecular weight excluding hydrogens is 320 g/mol. The van der Waals surface area contributed by atoms with E-state index in [-0.39, 0.29) is 10.3 Å². The number of hydrogen-bond acceptors (Lipinski definition) is 3. The minimum Gasteiger partial charge on any atom is -0.200 e. The number of rotatable bonds is 4. The molecule has 2 aromatic carbocycles. The van der Waals surface area contributed by atoms with Crippen molar-refractivity contribution in [3.8, 4) is 0 Å². The summed E-state index contributed by atoms with van der Waals surface area (Å²) in [6.07, 6.45) is 1.50. The third-order valence-electron chi connectivity index (χ3n) is 3.95. The molecule has 0 atom stereocenters. The van der Waals surface area contributed by atoms with Crippen molar-refractivity contribution in [1.29, 1.82) is 0 Å². The summed E-state index contributed by atoms with van der Waals surface area (Å²) < 4.78 is 24.5. The molecule has 0 bridgehead atoms. The molecule has 0 radical (unpaired) electrons. The second-order valence-electron chi connectivity index (χ2n) is 6.97. The molecule has 0 aromatic heterocycles. The largest absolute Gasteiger partial charge is 0.276 e. The molecule has 0 saturated heterocycles. The highest BCUT2D eigenvalue weighted by Gasteiger charge is 2.14. The molecule has 0 fully saturated rings. The maximum absolute atomic E-state index is 12.2. The van der Waals surface area contributed by atoms with Gasteiger partial charge in [0.1, 0.15) is 0 Å². The predicted octanol–water partition coefficient (Wildman–Crippen LogP) is 3.91. The molecule has 2 rings (SSSR count). The molecule has 0 aliphatic heterocycles.